The van der Waals surface area contributed by atoms with E-state index in [0.717, 1.165) is 32.5 Å². The van der Waals surface area contributed by atoms with E-state index in [1.165, 1.54) is 22.9 Å². The maximum Gasteiger partial charge on any atom is 0.208 e. The first kappa shape index (κ1) is 15.5. The van der Waals surface area contributed by atoms with Crippen molar-refractivity contribution in [3.8, 4) is 0 Å². The van der Waals surface area contributed by atoms with Crippen LogP contribution in [0.25, 0.3) is 0 Å². The summed E-state index contributed by atoms with van der Waals surface area (Å²) in [6.07, 6.45) is 3.20. The molecule has 2 rings (SSSR count). The Labute approximate surface area is 122 Å². The quantitative estimate of drug-likeness (QED) is 0.922. The fourth-order valence-corrected chi connectivity index (χ4v) is 3.56. The number of hydrogen-bond acceptors (Lipinski definition) is 3. The minimum atomic E-state index is -3.11. The number of nitrogens with one attached hydrogen (secondary N) is 1. The molecule has 0 bridgehead atoms. The molecule has 1 aromatic carbocycles. The molecule has 4 nitrogen and oxygen atoms in total. The van der Waals surface area contributed by atoms with Gasteiger partial charge in [0.05, 0.1) is 6.26 Å². The highest BCUT2D eigenvalue weighted by Gasteiger charge is 2.22. The number of likely N-dealkylation sites (tertiary alicyclic amines) is 1. The van der Waals surface area contributed by atoms with Gasteiger partial charge in [0.15, 0.2) is 0 Å². The Balaban J connectivity index is 1.97. The van der Waals surface area contributed by atoms with Crippen LogP contribution in [0.1, 0.15) is 29.5 Å². The SMILES string of the molecule is Cc1ccc(CN2CCCC(NS(C)(=O)=O)C2)cc1C. The van der Waals surface area contributed by atoms with E-state index in [1.807, 2.05) is 0 Å². The van der Waals surface area contributed by atoms with Crippen molar-refractivity contribution >= 4 is 10.0 Å². The van der Waals surface area contributed by atoms with Crippen LogP contribution >= 0.6 is 0 Å². The van der Waals surface area contributed by atoms with Crippen LogP contribution in [-0.4, -0.2) is 38.7 Å². The monoisotopic (exact) mass is 296 g/mol. The predicted molar refractivity (Wildman–Crippen MR) is 82.2 cm³/mol. The summed E-state index contributed by atoms with van der Waals surface area (Å²) in [4.78, 5) is 2.33. The van der Waals surface area contributed by atoms with E-state index < -0.39 is 10.0 Å². The molecule has 0 aromatic heterocycles. The van der Waals surface area contributed by atoms with Crippen LogP contribution in [0.5, 0.6) is 0 Å². The van der Waals surface area contributed by atoms with Crippen molar-refractivity contribution in [1.82, 2.24) is 9.62 Å². The third kappa shape index (κ3) is 4.58. The highest BCUT2D eigenvalue weighted by Crippen LogP contribution is 2.16. The largest absolute Gasteiger partial charge is 0.298 e. The fraction of sp³-hybridized carbons (Fsp3) is 0.600. The van der Waals surface area contributed by atoms with Gasteiger partial charge in [-0.3, -0.25) is 4.90 Å². The van der Waals surface area contributed by atoms with Gasteiger partial charge < -0.3 is 0 Å². The number of piperidine rings is 1. The summed E-state index contributed by atoms with van der Waals surface area (Å²) in [5.74, 6) is 0. The van der Waals surface area contributed by atoms with Crippen LogP contribution in [-0.2, 0) is 16.6 Å². The Kier molecular flexibility index (Phi) is 4.83. The molecule has 1 aliphatic rings. The molecule has 1 heterocycles. The van der Waals surface area contributed by atoms with Gasteiger partial charge in [-0.15, -0.1) is 0 Å². The molecular formula is C15H24N2O2S. The van der Waals surface area contributed by atoms with Crippen LogP contribution in [0, 0.1) is 13.8 Å². The third-order valence-electron chi connectivity index (χ3n) is 3.86. The second-order valence-electron chi connectivity index (χ2n) is 5.88. The van der Waals surface area contributed by atoms with Crippen LogP contribution < -0.4 is 4.72 Å². The van der Waals surface area contributed by atoms with Gasteiger partial charge in [0.25, 0.3) is 0 Å². The molecule has 1 aromatic rings. The minimum absolute atomic E-state index is 0.0466. The van der Waals surface area contributed by atoms with Crippen LogP contribution in [0.15, 0.2) is 18.2 Å². The van der Waals surface area contributed by atoms with E-state index in [-0.39, 0.29) is 6.04 Å². The molecule has 1 unspecified atom stereocenters. The van der Waals surface area contributed by atoms with Gasteiger partial charge in [0, 0.05) is 19.1 Å². The summed E-state index contributed by atoms with van der Waals surface area (Å²) < 4.78 is 25.4. The third-order valence-corrected chi connectivity index (χ3v) is 4.63. The van der Waals surface area contributed by atoms with E-state index in [9.17, 15) is 8.42 Å². The molecule has 5 heteroatoms. The van der Waals surface area contributed by atoms with Crippen LogP contribution in [0.3, 0.4) is 0 Å². The summed E-state index contributed by atoms with van der Waals surface area (Å²) in [6, 6.07) is 6.59. The lowest BCUT2D eigenvalue weighted by atomic mass is 10.0. The lowest BCUT2D eigenvalue weighted by Crippen LogP contribution is -2.46. The van der Waals surface area contributed by atoms with Crippen molar-refractivity contribution in [2.24, 2.45) is 0 Å². The second kappa shape index (κ2) is 6.24. The van der Waals surface area contributed by atoms with Crippen molar-refractivity contribution < 1.29 is 8.42 Å². The summed E-state index contributed by atoms with van der Waals surface area (Å²) in [7, 11) is -3.11. The highest BCUT2D eigenvalue weighted by molar-refractivity contribution is 7.88. The Morgan fingerprint density at radius 3 is 2.70 bits per heavy atom. The lowest BCUT2D eigenvalue weighted by molar-refractivity contribution is 0.194. The van der Waals surface area contributed by atoms with E-state index in [2.05, 4.69) is 41.7 Å². The predicted octanol–water partition coefficient (Wildman–Crippen LogP) is 1.82. The Morgan fingerprint density at radius 2 is 2.05 bits per heavy atom. The maximum absolute atomic E-state index is 11.3. The average molecular weight is 296 g/mol. The van der Waals surface area contributed by atoms with E-state index in [0.29, 0.717) is 0 Å². The van der Waals surface area contributed by atoms with Crippen molar-refractivity contribution in [3.63, 3.8) is 0 Å². The van der Waals surface area contributed by atoms with Crippen molar-refractivity contribution in [3.05, 3.63) is 34.9 Å². The Morgan fingerprint density at radius 1 is 1.30 bits per heavy atom. The van der Waals surface area contributed by atoms with Gasteiger partial charge in [-0.1, -0.05) is 18.2 Å². The van der Waals surface area contributed by atoms with Crippen molar-refractivity contribution in [1.29, 1.82) is 0 Å². The Hall–Kier alpha value is -0.910. The van der Waals surface area contributed by atoms with E-state index >= 15 is 0 Å². The molecule has 1 N–H and O–H groups in total. The van der Waals surface area contributed by atoms with Crippen LogP contribution in [0.4, 0.5) is 0 Å². The molecule has 20 heavy (non-hydrogen) atoms. The molecule has 0 saturated carbocycles. The summed E-state index contributed by atoms with van der Waals surface area (Å²) in [5.41, 5.74) is 3.92. The van der Waals surface area contributed by atoms with Gasteiger partial charge in [0.2, 0.25) is 10.0 Å². The first-order valence-corrected chi connectivity index (χ1v) is 8.98. The van der Waals surface area contributed by atoms with Crippen LogP contribution in [0.2, 0.25) is 0 Å². The maximum atomic E-state index is 11.3. The number of benzene rings is 1. The van der Waals surface area contributed by atoms with Crippen molar-refractivity contribution in [2.45, 2.75) is 39.3 Å². The second-order valence-corrected chi connectivity index (χ2v) is 7.66. The number of nitrogens with zero attached hydrogens (tertiary/aromatic N) is 1. The van der Waals surface area contributed by atoms with Gasteiger partial charge in [-0.05, 0) is 49.9 Å². The molecular weight excluding hydrogens is 272 g/mol. The first-order valence-electron chi connectivity index (χ1n) is 7.09. The molecule has 0 radical (unpaired) electrons. The zero-order chi connectivity index (χ0) is 14.8. The fourth-order valence-electron chi connectivity index (χ4n) is 2.76. The number of rotatable bonds is 4. The molecule has 0 amide bonds. The standard InChI is InChI=1S/C15H24N2O2S/c1-12-6-7-14(9-13(12)2)10-17-8-4-5-15(11-17)16-20(3,18)19/h6-7,9,15-16H,4-5,8,10-11H2,1-3H3. The highest BCUT2D eigenvalue weighted by atomic mass is 32.2. The van der Waals surface area contributed by atoms with E-state index in [4.69, 9.17) is 0 Å². The van der Waals surface area contributed by atoms with Gasteiger partial charge in [-0.2, -0.15) is 0 Å². The minimum Gasteiger partial charge on any atom is -0.298 e. The summed E-state index contributed by atoms with van der Waals surface area (Å²) in [5, 5.41) is 0. The summed E-state index contributed by atoms with van der Waals surface area (Å²) >= 11 is 0. The number of hydrogen-bond donors (Lipinski definition) is 1. The van der Waals surface area contributed by atoms with Crippen molar-refractivity contribution in [2.75, 3.05) is 19.3 Å². The topological polar surface area (TPSA) is 49.4 Å². The zero-order valence-electron chi connectivity index (χ0n) is 12.5. The zero-order valence-corrected chi connectivity index (χ0v) is 13.3. The van der Waals surface area contributed by atoms with E-state index in [1.54, 1.807) is 0 Å². The normalized spacial score (nSPS) is 21.1. The smallest absolute Gasteiger partial charge is 0.208 e. The molecule has 1 fully saturated rings. The number of sulfonamides is 1. The van der Waals surface area contributed by atoms with Gasteiger partial charge in [0.1, 0.15) is 0 Å². The molecule has 112 valence electrons. The molecule has 1 atom stereocenters. The Bertz CT molecular complexity index is 569. The molecule has 1 aliphatic heterocycles. The molecule has 0 spiro atoms. The lowest BCUT2D eigenvalue weighted by Gasteiger charge is -2.32. The molecule has 0 aliphatic carbocycles. The summed E-state index contributed by atoms with van der Waals surface area (Å²) in [6.45, 7) is 6.97. The number of aryl methyl sites for hydroxylation is 2. The average Bonchev–Trinajstić information content (AvgIpc) is 2.32. The van der Waals surface area contributed by atoms with Gasteiger partial charge >= 0.3 is 0 Å². The molecule has 1 saturated heterocycles. The van der Waals surface area contributed by atoms with Gasteiger partial charge in [-0.25, -0.2) is 13.1 Å². The first-order chi connectivity index (χ1) is 9.33.